The van der Waals surface area contributed by atoms with Gasteiger partial charge in [-0.25, -0.2) is 0 Å². The summed E-state index contributed by atoms with van der Waals surface area (Å²) >= 11 is -0.753. The fourth-order valence-corrected chi connectivity index (χ4v) is 5.90. The van der Waals surface area contributed by atoms with Crippen LogP contribution >= 0.6 is 0 Å². The molecule has 0 unspecified atom stereocenters. The third kappa shape index (κ3) is 4.15. The van der Waals surface area contributed by atoms with Gasteiger partial charge >= 0.3 is 144 Å². The number of hydrogen-bond acceptors (Lipinski definition) is 0. The molecule has 22 heavy (non-hydrogen) atoms. The monoisotopic (exact) mass is 479 g/mol. The maximum absolute atomic E-state index is 2.31. The van der Waals surface area contributed by atoms with Gasteiger partial charge in [-0.05, 0) is 0 Å². The minimum atomic E-state index is -0.753. The van der Waals surface area contributed by atoms with Crippen molar-refractivity contribution in [3.8, 4) is 0 Å². The fraction of sp³-hybridized carbons (Fsp3) is 0.0476. The standard InChI is InChI=1S/C15H13.C6H5.Bi/c1-13(15-10-6-3-7-11-15)12-14-8-4-2-5-9-14;1-2-4-6-5-3-1;/h2,4-12H,1H3;1-5H;/b13-12+;;. The van der Waals surface area contributed by atoms with Crippen LogP contribution in [0.3, 0.4) is 0 Å². The molecule has 0 bridgehead atoms. The van der Waals surface area contributed by atoms with Crippen LogP contribution in [0.5, 0.6) is 0 Å². The van der Waals surface area contributed by atoms with E-state index in [4.69, 9.17) is 0 Å². The summed E-state index contributed by atoms with van der Waals surface area (Å²) in [5.41, 5.74) is 3.87. The van der Waals surface area contributed by atoms with E-state index in [1.165, 1.54) is 23.2 Å². The van der Waals surface area contributed by atoms with Crippen LogP contribution in [0.25, 0.3) is 11.6 Å². The Morgan fingerprint density at radius 3 is 1.86 bits per heavy atom. The summed E-state index contributed by atoms with van der Waals surface area (Å²) in [6.45, 7) is 2.18. The van der Waals surface area contributed by atoms with Crippen LogP contribution in [-0.4, -0.2) is 23.2 Å². The Morgan fingerprint density at radius 2 is 1.23 bits per heavy atom. The van der Waals surface area contributed by atoms with Crippen molar-refractivity contribution in [1.82, 2.24) is 0 Å². The van der Waals surface area contributed by atoms with E-state index in [0.29, 0.717) is 0 Å². The molecule has 3 aromatic rings. The van der Waals surface area contributed by atoms with Gasteiger partial charge in [-0.1, -0.05) is 0 Å². The summed E-state index contributed by atoms with van der Waals surface area (Å²) in [6.07, 6.45) is 2.24. The Kier molecular flexibility index (Phi) is 5.19. The van der Waals surface area contributed by atoms with Crippen LogP contribution in [0, 0.1) is 0 Å². The molecule has 0 heterocycles. The Hall–Kier alpha value is -1.72. The van der Waals surface area contributed by atoms with E-state index in [-0.39, 0.29) is 0 Å². The van der Waals surface area contributed by atoms with E-state index in [0.717, 1.165) is 0 Å². The van der Waals surface area contributed by atoms with Gasteiger partial charge in [-0.2, -0.15) is 0 Å². The van der Waals surface area contributed by atoms with Crippen molar-refractivity contribution in [2.75, 3.05) is 0 Å². The average Bonchev–Trinajstić information content (AvgIpc) is 2.57. The zero-order valence-corrected chi connectivity index (χ0v) is 16.1. The van der Waals surface area contributed by atoms with E-state index in [2.05, 4.69) is 97.9 Å². The van der Waals surface area contributed by atoms with E-state index in [1.54, 1.807) is 0 Å². The topological polar surface area (TPSA) is 0 Å². The predicted octanol–water partition coefficient (Wildman–Crippen LogP) is 3.90. The van der Waals surface area contributed by atoms with E-state index in [9.17, 15) is 0 Å². The van der Waals surface area contributed by atoms with Crippen LogP contribution in [0.1, 0.15) is 18.1 Å². The summed E-state index contributed by atoms with van der Waals surface area (Å²) in [4.78, 5) is 0. The summed E-state index contributed by atoms with van der Waals surface area (Å²) in [5.74, 6) is 0. The van der Waals surface area contributed by atoms with Crippen LogP contribution in [0.4, 0.5) is 0 Å². The zero-order chi connectivity index (χ0) is 15.2. The summed E-state index contributed by atoms with van der Waals surface area (Å²) in [6, 6.07) is 30.5. The van der Waals surface area contributed by atoms with Gasteiger partial charge in [-0.15, -0.1) is 0 Å². The van der Waals surface area contributed by atoms with Gasteiger partial charge in [0.1, 0.15) is 0 Å². The second kappa shape index (κ2) is 7.52. The first kappa shape index (κ1) is 15.2. The first-order valence-corrected chi connectivity index (χ1v) is 10.9. The molecule has 3 rings (SSSR count). The molecule has 0 nitrogen and oxygen atoms in total. The fourth-order valence-electron chi connectivity index (χ4n) is 2.33. The van der Waals surface area contributed by atoms with Crippen molar-refractivity contribution in [1.29, 1.82) is 0 Å². The Balaban J connectivity index is 1.75. The molecule has 0 saturated carbocycles. The third-order valence-electron chi connectivity index (χ3n) is 3.52. The average molecular weight is 479 g/mol. The SMILES string of the molecule is C/C(=C\c1ccccc1)c1cc[c]([Bi][c]2ccccc2)cc1. The molecule has 0 aliphatic rings. The summed E-state index contributed by atoms with van der Waals surface area (Å²) in [5, 5.41) is 0. The Morgan fingerprint density at radius 1 is 0.682 bits per heavy atom. The first-order chi connectivity index (χ1) is 10.8. The van der Waals surface area contributed by atoms with Crippen molar-refractivity contribution in [2.45, 2.75) is 6.92 Å². The van der Waals surface area contributed by atoms with E-state index in [1.807, 2.05) is 0 Å². The van der Waals surface area contributed by atoms with Gasteiger partial charge in [0.25, 0.3) is 0 Å². The molecule has 0 saturated heterocycles. The second-order valence-electron chi connectivity index (χ2n) is 5.23. The molecule has 0 N–H and O–H groups in total. The zero-order valence-electron chi connectivity index (χ0n) is 12.6. The van der Waals surface area contributed by atoms with Gasteiger partial charge in [0.2, 0.25) is 0 Å². The molecule has 0 aliphatic carbocycles. The van der Waals surface area contributed by atoms with Crippen LogP contribution in [0.2, 0.25) is 0 Å². The molecule has 3 aromatic carbocycles. The van der Waals surface area contributed by atoms with Gasteiger partial charge in [0, 0.05) is 0 Å². The molecule has 0 aliphatic heterocycles. The van der Waals surface area contributed by atoms with Crippen molar-refractivity contribution in [3.63, 3.8) is 0 Å². The molecule has 0 spiro atoms. The molecule has 0 atom stereocenters. The molecule has 0 amide bonds. The van der Waals surface area contributed by atoms with Crippen molar-refractivity contribution in [2.24, 2.45) is 0 Å². The molecule has 0 aromatic heterocycles. The van der Waals surface area contributed by atoms with Crippen molar-refractivity contribution in [3.05, 3.63) is 96.1 Å². The van der Waals surface area contributed by atoms with Crippen LogP contribution in [0.15, 0.2) is 84.9 Å². The van der Waals surface area contributed by atoms with Gasteiger partial charge < -0.3 is 0 Å². The molecule has 1 radical (unpaired) electrons. The number of allylic oxidation sites excluding steroid dienone is 1. The second-order valence-corrected chi connectivity index (χ2v) is 10.1. The number of hydrogen-bond donors (Lipinski definition) is 0. The molecular weight excluding hydrogens is 461 g/mol. The molecule has 1 heteroatoms. The van der Waals surface area contributed by atoms with Gasteiger partial charge in [0.05, 0.1) is 0 Å². The summed E-state index contributed by atoms with van der Waals surface area (Å²) < 4.78 is 3.06. The predicted molar refractivity (Wildman–Crippen MR) is 97.9 cm³/mol. The van der Waals surface area contributed by atoms with Crippen LogP contribution < -0.4 is 6.54 Å². The Labute approximate surface area is 144 Å². The normalized spacial score (nSPS) is 11.4. The minimum absolute atomic E-state index is 0.753. The van der Waals surface area contributed by atoms with E-state index < -0.39 is 23.2 Å². The molecular formula is C21H18Bi. The Bertz CT molecular complexity index is 741. The number of benzene rings is 3. The molecule has 107 valence electrons. The van der Waals surface area contributed by atoms with E-state index >= 15 is 0 Å². The quantitative estimate of drug-likeness (QED) is 0.394. The number of rotatable bonds is 4. The van der Waals surface area contributed by atoms with Gasteiger partial charge in [-0.3, -0.25) is 0 Å². The first-order valence-electron chi connectivity index (χ1n) is 7.42. The third-order valence-corrected chi connectivity index (χ3v) is 7.85. The van der Waals surface area contributed by atoms with Crippen molar-refractivity contribution >= 4 is 41.4 Å². The van der Waals surface area contributed by atoms with Crippen LogP contribution in [-0.2, 0) is 0 Å². The summed E-state index contributed by atoms with van der Waals surface area (Å²) in [7, 11) is 0. The van der Waals surface area contributed by atoms with Crippen molar-refractivity contribution < 1.29 is 0 Å². The maximum atomic E-state index is 2.31. The van der Waals surface area contributed by atoms with Gasteiger partial charge in [0.15, 0.2) is 0 Å². The molecule has 0 fully saturated rings.